The van der Waals surface area contributed by atoms with Crippen LogP contribution in [0.3, 0.4) is 0 Å². The highest BCUT2D eigenvalue weighted by Gasteiger charge is 2.00. The van der Waals surface area contributed by atoms with Gasteiger partial charge in [-0.2, -0.15) is 5.90 Å². The van der Waals surface area contributed by atoms with Crippen molar-refractivity contribution >= 4 is 11.6 Å². The molecule has 1 aromatic rings. The van der Waals surface area contributed by atoms with E-state index >= 15 is 0 Å². The molecule has 1 aromatic carbocycles. The van der Waals surface area contributed by atoms with Crippen LogP contribution in [0.2, 0.25) is 5.02 Å². The van der Waals surface area contributed by atoms with Crippen molar-refractivity contribution in [3.05, 3.63) is 29.0 Å². The van der Waals surface area contributed by atoms with E-state index in [2.05, 4.69) is 4.84 Å². The first-order valence-corrected chi connectivity index (χ1v) is 2.93. The third kappa shape index (κ3) is 1.37. The van der Waals surface area contributed by atoms with Gasteiger partial charge in [-0.15, -0.1) is 0 Å². The van der Waals surface area contributed by atoms with Gasteiger partial charge in [0.05, 0.1) is 5.02 Å². The van der Waals surface area contributed by atoms with Crippen LogP contribution >= 0.6 is 11.6 Å². The van der Waals surface area contributed by atoms with Crippen LogP contribution in [0.4, 0.5) is 4.39 Å². The van der Waals surface area contributed by atoms with Gasteiger partial charge in [-0.25, -0.2) is 4.39 Å². The van der Waals surface area contributed by atoms with Crippen LogP contribution < -0.4 is 10.7 Å². The van der Waals surface area contributed by atoms with E-state index in [1.54, 1.807) is 0 Å². The van der Waals surface area contributed by atoms with Crippen molar-refractivity contribution in [1.82, 2.24) is 0 Å². The van der Waals surface area contributed by atoms with E-state index < -0.39 is 5.82 Å². The molecular formula is C6H5ClFNO. The van der Waals surface area contributed by atoms with Crippen molar-refractivity contribution in [2.75, 3.05) is 0 Å². The molecule has 0 unspecified atom stereocenters. The highest BCUT2D eigenvalue weighted by molar-refractivity contribution is 6.32. The molecule has 0 fully saturated rings. The molecule has 0 amide bonds. The lowest BCUT2D eigenvalue weighted by atomic mass is 10.3. The first-order valence-electron chi connectivity index (χ1n) is 2.56. The van der Waals surface area contributed by atoms with Gasteiger partial charge in [0.25, 0.3) is 0 Å². The zero-order chi connectivity index (χ0) is 7.56. The fourth-order valence-corrected chi connectivity index (χ4v) is 0.730. The Hall–Kier alpha value is -0.800. The Balaban J connectivity index is 3.09. The Labute approximate surface area is 62.3 Å². The van der Waals surface area contributed by atoms with Crippen LogP contribution in [0.15, 0.2) is 18.2 Å². The van der Waals surface area contributed by atoms with Gasteiger partial charge in [0, 0.05) is 6.07 Å². The first kappa shape index (κ1) is 7.31. The zero-order valence-corrected chi connectivity index (χ0v) is 5.73. The Bertz CT molecular complexity index is 241. The summed E-state index contributed by atoms with van der Waals surface area (Å²) in [5.74, 6) is 4.48. The van der Waals surface area contributed by atoms with Gasteiger partial charge in [-0.3, -0.25) is 0 Å². The second kappa shape index (κ2) is 2.86. The lowest BCUT2D eigenvalue weighted by Gasteiger charge is -1.99. The molecule has 0 aliphatic carbocycles. The molecule has 54 valence electrons. The lowest BCUT2D eigenvalue weighted by molar-refractivity contribution is 0.332. The molecule has 10 heavy (non-hydrogen) atoms. The van der Waals surface area contributed by atoms with E-state index in [0.29, 0.717) is 5.02 Å². The van der Waals surface area contributed by atoms with Gasteiger partial charge in [0.2, 0.25) is 0 Å². The van der Waals surface area contributed by atoms with Crippen molar-refractivity contribution < 1.29 is 9.23 Å². The van der Waals surface area contributed by atoms with E-state index in [4.69, 9.17) is 17.5 Å². The van der Waals surface area contributed by atoms with Crippen LogP contribution in [0.1, 0.15) is 0 Å². The van der Waals surface area contributed by atoms with Crippen LogP contribution in [0, 0.1) is 5.82 Å². The predicted octanol–water partition coefficient (Wildman–Crippen LogP) is 1.73. The topological polar surface area (TPSA) is 35.2 Å². The minimum Gasteiger partial charge on any atom is -0.410 e. The summed E-state index contributed by atoms with van der Waals surface area (Å²) in [4.78, 5) is 4.25. The Kier molecular flexibility index (Phi) is 2.09. The van der Waals surface area contributed by atoms with E-state index in [9.17, 15) is 4.39 Å². The molecule has 0 aromatic heterocycles. The van der Waals surface area contributed by atoms with Gasteiger partial charge in [-0.05, 0) is 12.1 Å². The molecule has 4 heteroatoms. The summed E-state index contributed by atoms with van der Waals surface area (Å²) in [6.07, 6.45) is 0. The van der Waals surface area contributed by atoms with Crippen molar-refractivity contribution in [1.29, 1.82) is 0 Å². The minimum atomic E-state index is -0.426. The smallest absolute Gasteiger partial charge is 0.168 e. The predicted molar refractivity (Wildman–Crippen MR) is 36.2 cm³/mol. The largest absolute Gasteiger partial charge is 0.410 e. The summed E-state index contributed by atoms with van der Waals surface area (Å²) >= 11 is 5.52. The average Bonchev–Trinajstić information content (AvgIpc) is 1.94. The summed E-state index contributed by atoms with van der Waals surface area (Å²) in [5.41, 5.74) is 0. The summed E-state index contributed by atoms with van der Waals surface area (Å²) < 4.78 is 12.3. The highest BCUT2D eigenvalue weighted by atomic mass is 35.5. The van der Waals surface area contributed by atoms with Crippen molar-refractivity contribution in [2.45, 2.75) is 0 Å². The Morgan fingerprint density at radius 3 is 2.70 bits per heavy atom. The van der Waals surface area contributed by atoms with Gasteiger partial charge < -0.3 is 4.84 Å². The molecule has 0 heterocycles. The number of nitrogens with two attached hydrogens (primary N) is 1. The van der Waals surface area contributed by atoms with Crippen molar-refractivity contribution in [3.63, 3.8) is 0 Å². The molecule has 0 saturated carbocycles. The van der Waals surface area contributed by atoms with Gasteiger partial charge >= 0.3 is 0 Å². The number of halogens is 2. The van der Waals surface area contributed by atoms with Gasteiger partial charge in [-0.1, -0.05) is 11.6 Å². The van der Waals surface area contributed by atoms with Gasteiger partial charge in [0.15, 0.2) is 5.75 Å². The average molecular weight is 162 g/mol. The summed E-state index contributed by atoms with van der Waals surface area (Å²) in [6, 6.07) is 3.71. The van der Waals surface area contributed by atoms with Crippen molar-refractivity contribution in [3.8, 4) is 5.75 Å². The van der Waals surface area contributed by atoms with E-state index in [1.165, 1.54) is 12.1 Å². The molecule has 2 nitrogen and oxygen atoms in total. The van der Waals surface area contributed by atoms with Crippen LogP contribution in [-0.4, -0.2) is 0 Å². The summed E-state index contributed by atoms with van der Waals surface area (Å²) in [5, 5.41) is 0.295. The number of hydrogen-bond acceptors (Lipinski definition) is 2. The molecule has 0 bridgehead atoms. The normalized spacial score (nSPS) is 9.50. The fraction of sp³-hybridized carbons (Fsp3) is 0. The molecule has 0 atom stereocenters. The second-order valence-electron chi connectivity index (χ2n) is 1.69. The highest BCUT2D eigenvalue weighted by Crippen LogP contribution is 2.23. The Morgan fingerprint density at radius 2 is 2.20 bits per heavy atom. The third-order valence-corrected chi connectivity index (χ3v) is 1.33. The van der Waals surface area contributed by atoms with E-state index in [0.717, 1.165) is 6.07 Å². The molecule has 0 spiro atoms. The zero-order valence-electron chi connectivity index (χ0n) is 4.97. The minimum absolute atomic E-state index is 0.140. The molecule has 0 radical (unpaired) electrons. The molecule has 2 N–H and O–H groups in total. The maximum Gasteiger partial charge on any atom is 0.168 e. The maximum atomic E-state index is 12.3. The molecule has 0 aliphatic rings. The lowest BCUT2D eigenvalue weighted by Crippen LogP contribution is -2.02. The summed E-state index contributed by atoms with van der Waals surface area (Å²) in [7, 11) is 0. The fourth-order valence-electron chi connectivity index (χ4n) is 0.568. The van der Waals surface area contributed by atoms with Gasteiger partial charge in [0.1, 0.15) is 5.82 Å². The molecule has 0 aliphatic heterocycles. The monoisotopic (exact) mass is 161 g/mol. The standard InChI is InChI=1S/C6H5ClFNO/c7-5-2-1-4(8)3-6(5)10-9/h1-3H,9H2. The van der Waals surface area contributed by atoms with E-state index in [-0.39, 0.29) is 5.75 Å². The van der Waals surface area contributed by atoms with E-state index in [1.807, 2.05) is 0 Å². The van der Waals surface area contributed by atoms with Crippen molar-refractivity contribution in [2.24, 2.45) is 5.90 Å². The SMILES string of the molecule is NOc1cc(F)ccc1Cl. The number of rotatable bonds is 1. The van der Waals surface area contributed by atoms with Crippen LogP contribution in [0.5, 0.6) is 5.75 Å². The van der Waals surface area contributed by atoms with Crippen LogP contribution in [-0.2, 0) is 0 Å². The molecule has 0 saturated heterocycles. The quantitative estimate of drug-likeness (QED) is 0.637. The number of hydrogen-bond donors (Lipinski definition) is 1. The second-order valence-corrected chi connectivity index (χ2v) is 2.10. The van der Waals surface area contributed by atoms with Crippen LogP contribution in [0.25, 0.3) is 0 Å². The Morgan fingerprint density at radius 1 is 1.50 bits per heavy atom. The molecule has 1 rings (SSSR count). The summed E-state index contributed by atoms with van der Waals surface area (Å²) in [6.45, 7) is 0. The third-order valence-electron chi connectivity index (χ3n) is 1.02. The first-order chi connectivity index (χ1) is 4.74. The number of benzene rings is 1. The maximum absolute atomic E-state index is 12.3. The molecular weight excluding hydrogens is 157 g/mol.